The van der Waals surface area contributed by atoms with E-state index in [1.54, 1.807) is 0 Å². The highest BCUT2D eigenvalue weighted by Crippen LogP contribution is 2.45. The number of fused-ring (bicyclic) bond motifs is 6. The topological polar surface area (TPSA) is 61.9 Å². The van der Waals surface area contributed by atoms with E-state index in [0.29, 0.717) is 17.9 Å². The molecule has 0 radical (unpaired) electrons. The number of benzene rings is 1. The smallest absolute Gasteiger partial charge is 0.333 e. The van der Waals surface area contributed by atoms with Crippen LogP contribution in [0.1, 0.15) is 50.1 Å². The van der Waals surface area contributed by atoms with Gasteiger partial charge in [0.25, 0.3) is 0 Å². The molecule has 0 spiro atoms. The average molecular weight is 424 g/mol. The van der Waals surface area contributed by atoms with Crippen LogP contribution in [-0.4, -0.2) is 60.6 Å². The van der Waals surface area contributed by atoms with Gasteiger partial charge in [0.2, 0.25) is 0 Å². The van der Waals surface area contributed by atoms with E-state index in [1.807, 2.05) is 35.2 Å². The van der Waals surface area contributed by atoms with Gasteiger partial charge in [0.1, 0.15) is 0 Å². The van der Waals surface area contributed by atoms with Crippen molar-refractivity contribution in [2.24, 2.45) is 11.8 Å². The summed E-state index contributed by atoms with van der Waals surface area (Å²) in [6, 6.07) is 9.26. The Labute approximate surface area is 184 Å². The Bertz CT molecular complexity index is 855. The zero-order chi connectivity index (χ0) is 21.4. The molecule has 2 amide bonds. The highest BCUT2D eigenvalue weighted by atomic mass is 16.5. The molecule has 3 saturated heterocycles. The number of carbonyl (C=O) groups is 2. The summed E-state index contributed by atoms with van der Waals surface area (Å²) in [4.78, 5) is 30.6. The van der Waals surface area contributed by atoms with Crippen LogP contribution in [0, 0.1) is 11.8 Å². The molecule has 6 heteroatoms. The number of nitrogens with one attached hydrogen (secondary N) is 1. The number of hydrogen-bond acceptors (Lipinski definition) is 4. The van der Waals surface area contributed by atoms with Crippen LogP contribution in [0.2, 0.25) is 0 Å². The van der Waals surface area contributed by atoms with Gasteiger partial charge in [0, 0.05) is 19.1 Å². The number of esters is 1. The molecule has 3 heterocycles. The molecule has 5 rings (SSSR count). The lowest BCUT2D eigenvalue weighted by Gasteiger charge is -2.54. The summed E-state index contributed by atoms with van der Waals surface area (Å²) >= 11 is 0. The molecule has 1 aliphatic carbocycles. The Hall–Kier alpha value is -2.34. The van der Waals surface area contributed by atoms with Gasteiger partial charge in [-0.25, -0.2) is 9.59 Å². The third kappa shape index (κ3) is 3.86. The zero-order valence-electron chi connectivity index (χ0n) is 18.3. The number of urea groups is 1. The number of rotatable bonds is 3. The number of ether oxygens (including phenoxy) is 1. The maximum absolute atomic E-state index is 13.5. The van der Waals surface area contributed by atoms with E-state index in [1.165, 1.54) is 44.9 Å². The van der Waals surface area contributed by atoms with Gasteiger partial charge in [-0.15, -0.1) is 0 Å². The van der Waals surface area contributed by atoms with Crippen LogP contribution >= 0.6 is 0 Å². The predicted octanol–water partition coefficient (Wildman–Crippen LogP) is 3.51. The molecular weight excluding hydrogens is 390 g/mol. The van der Waals surface area contributed by atoms with Crippen molar-refractivity contribution < 1.29 is 14.3 Å². The summed E-state index contributed by atoms with van der Waals surface area (Å²) in [7, 11) is 1.37. The Morgan fingerprint density at radius 3 is 2.77 bits per heavy atom. The molecule has 0 aromatic heterocycles. The molecule has 5 atom stereocenters. The zero-order valence-corrected chi connectivity index (χ0v) is 18.3. The predicted molar refractivity (Wildman–Crippen MR) is 118 cm³/mol. The minimum absolute atomic E-state index is 0.155. The molecule has 3 aliphatic heterocycles. The van der Waals surface area contributed by atoms with Gasteiger partial charge in [0.15, 0.2) is 6.04 Å². The Morgan fingerprint density at radius 2 is 1.97 bits per heavy atom. The highest BCUT2D eigenvalue weighted by Gasteiger charge is 2.47. The van der Waals surface area contributed by atoms with Crippen molar-refractivity contribution >= 4 is 12.0 Å². The Morgan fingerprint density at radius 1 is 1.13 bits per heavy atom. The van der Waals surface area contributed by atoms with Crippen LogP contribution < -0.4 is 5.32 Å². The second kappa shape index (κ2) is 8.65. The first-order valence-electron chi connectivity index (χ1n) is 11.8. The van der Waals surface area contributed by atoms with Crippen molar-refractivity contribution in [1.29, 1.82) is 0 Å². The molecule has 4 aliphatic rings. The van der Waals surface area contributed by atoms with Gasteiger partial charge >= 0.3 is 12.0 Å². The van der Waals surface area contributed by atoms with Crippen molar-refractivity contribution in [3.63, 3.8) is 0 Å². The number of amides is 2. The molecule has 0 saturated carbocycles. The lowest BCUT2D eigenvalue weighted by molar-refractivity contribution is -0.143. The summed E-state index contributed by atoms with van der Waals surface area (Å²) in [6.07, 6.45) is 9.71. The number of hydrogen-bond donors (Lipinski definition) is 1. The average Bonchev–Trinajstić information content (AvgIpc) is 2.82. The third-order valence-electron chi connectivity index (χ3n) is 7.76. The molecule has 166 valence electrons. The summed E-state index contributed by atoms with van der Waals surface area (Å²) < 4.78 is 5.00. The van der Waals surface area contributed by atoms with E-state index in [-0.39, 0.29) is 12.1 Å². The quantitative estimate of drug-likeness (QED) is 0.597. The Balaban J connectivity index is 1.38. The van der Waals surface area contributed by atoms with Crippen LogP contribution in [0.3, 0.4) is 0 Å². The van der Waals surface area contributed by atoms with E-state index < -0.39 is 12.0 Å². The van der Waals surface area contributed by atoms with Crippen LogP contribution in [0.15, 0.2) is 42.0 Å². The molecule has 2 bridgehead atoms. The maximum Gasteiger partial charge on any atom is 0.333 e. The van der Waals surface area contributed by atoms with E-state index in [4.69, 9.17) is 4.74 Å². The number of nitrogens with zero attached hydrogens (tertiary/aromatic N) is 2. The molecule has 0 unspecified atom stereocenters. The van der Waals surface area contributed by atoms with Crippen LogP contribution in [0.25, 0.3) is 0 Å². The van der Waals surface area contributed by atoms with Gasteiger partial charge in [-0.1, -0.05) is 48.4 Å². The van der Waals surface area contributed by atoms with Crippen molar-refractivity contribution in [3.05, 3.63) is 47.5 Å². The lowest BCUT2D eigenvalue weighted by atomic mass is 9.68. The van der Waals surface area contributed by atoms with Gasteiger partial charge in [-0.05, 0) is 56.0 Å². The second-order valence-corrected chi connectivity index (χ2v) is 9.52. The molecule has 6 nitrogen and oxygen atoms in total. The van der Waals surface area contributed by atoms with Crippen LogP contribution in [-0.2, 0) is 9.53 Å². The molecule has 1 aromatic rings. The van der Waals surface area contributed by atoms with Crippen molar-refractivity contribution in [2.45, 2.75) is 56.7 Å². The van der Waals surface area contributed by atoms with Gasteiger partial charge in [0.05, 0.1) is 13.2 Å². The van der Waals surface area contributed by atoms with E-state index in [2.05, 4.69) is 16.3 Å². The van der Waals surface area contributed by atoms with Crippen molar-refractivity contribution in [2.75, 3.05) is 26.7 Å². The van der Waals surface area contributed by atoms with E-state index >= 15 is 0 Å². The first-order valence-corrected chi connectivity index (χ1v) is 11.8. The fourth-order valence-corrected chi connectivity index (χ4v) is 6.45. The number of piperidine rings is 3. The fraction of sp³-hybridized carbons (Fsp3) is 0.600. The maximum atomic E-state index is 13.5. The van der Waals surface area contributed by atoms with Gasteiger partial charge in [-0.2, -0.15) is 0 Å². The van der Waals surface area contributed by atoms with Gasteiger partial charge < -0.3 is 15.0 Å². The van der Waals surface area contributed by atoms with Crippen LogP contribution in [0.5, 0.6) is 0 Å². The van der Waals surface area contributed by atoms with Gasteiger partial charge in [-0.3, -0.25) is 4.90 Å². The largest absolute Gasteiger partial charge is 0.467 e. The van der Waals surface area contributed by atoms with Crippen LogP contribution in [0.4, 0.5) is 4.79 Å². The molecular formula is C25H33N3O3. The normalized spacial score (nSPS) is 31.0. The van der Waals surface area contributed by atoms with Crippen molar-refractivity contribution in [1.82, 2.24) is 15.1 Å². The molecule has 1 N–H and O–H groups in total. The molecule has 1 aromatic carbocycles. The molecule has 3 fully saturated rings. The minimum Gasteiger partial charge on any atom is -0.467 e. The SMILES string of the molecule is COC(=O)[C@@H](NC(=O)N1CCCC2=C[C@H]3C[C@H](CN4CCCC[C@H]34)[C@@H]21)c1ccccc1. The summed E-state index contributed by atoms with van der Waals surface area (Å²) in [5.41, 5.74) is 2.19. The van der Waals surface area contributed by atoms with E-state index in [0.717, 1.165) is 31.5 Å². The highest BCUT2D eigenvalue weighted by molar-refractivity contribution is 5.85. The fourth-order valence-electron chi connectivity index (χ4n) is 6.45. The number of methoxy groups -OCH3 is 1. The minimum atomic E-state index is -0.790. The summed E-state index contributed by atoms with van der Waals surface area (Å²) in [5, 5.41) is 2.99. The molecule has 31 heavy (non-hydrogen) atoms. The van der Waals surface area contributed by atoms with E-state index in [9.17, 15) is 9.59 Å². The monoisotopic (exact) mass is 423 g/mol. The summed E-state index contributed by atoms with van der Waals surface area (Å²) in [5.74, 6) is 0.684. The number of carbonyl (C=O) groups excluding carboxylic acids is 2. The van der Waals surface area contributed by atoms with Crippen molar-refractivity contribution in [3.8, 4) is 0 Å². The standard InChI is InChI=1S/C25H33N3O3/c1-31-24(29)22(17-8-3-2-4-9-17)26-25(30)28-13-7-10-18-14-19-15-20(23(18)28)16-27-12-6-5-11-21(19)27/h2-4,8-9,14,19-23H,5-7,10-13,15-16H2,1H3,(H,26,30)/t19-,20+,21+,22-,23+/m0/s1. The number of likely N-dealkylation sites (tertiary alicyclic amines) is 1. The lowest BCUT2D eigenvalue weighted by Crippen LogP contribution is -2.61. The first kappa shape index (κ1) is 20.6. The second-order valence-electron chi connectivity index (χ2n) is 9.52. The Kier molecular flexibility index (Phi) is 5.74. The first-order chi connectivity index (χ1) is 15.2. The summed E-state index contributed by atoms with van der Waals surface area (Å²) in [6.45, 7) is 3.02. The third-order valence-corrected chi connectivity index (χ3v) is 7.76.